The largest absolute Gasteiger partial charge is 0.398 e. The lowest BCUT2D eigenvalue weighted by Gasteiger charge is -2.21. The van der Waals surface area contributed by atoms with Crippen LogP contribution in [-0.4, -0.2) is 31.8 Å². The van der Waals surface area contributed by atoms with Crippen LogP contribution in [0.15, 0.2) is 181 Å². The van der Waals surface area contributed by atoms with E-state index in [1.54, 1.807) is 0 Å². The van der Waals surface area contributed by atoms with Crippen molar-refractivity contribution < 1.29 is 0 Å². The second kappa shape index (κ2) is 14.7. The van der Waals surface area contributed by atoms with Gasteiger partial charge in [0.1, 0.15) is 11.5 Å². The van der Waals surface area contributed by atoms with E-state index in [0.29, 0.717) is 18.1 Å². The molecule has 4 N–H and O–H groups in total. The van der Waals surface area contributed by atoms with Crippen LogP contribution in [0.1, 0.15) is 18.1 Å². The van der Waals surface area contributed by atoms with Gasteiger partial charge in [0.2, 0.25) is 0 Å². The van der Waals surface area contributed by atoms with Gasteiger partial charge in [-0.05, 0) is 97.9 Å². The molecule has 4 aromatic heterocycles. The van der Waals surface area contributed by atoms with Crippen molar-refractivity contribution in [1.29, 1.82) is 0 Å². The normalized spacial score (nSPS) is 13.6. The minimum Gasteiger partial charge on any atom is -0.398 e. The smallest absolute Gasteiger partial charge is 0.135 e. The SMILES string of the molecule is C/C=C\C=C(/N)c1cc(-c2ccccn2)cc(N2CC(=Nc3c(N)n(-c4cc(-c5ccccn5)cc(-c5ccccn5)c4)c4ccccc34)c3ccccc32)c1. The highest BCUT2D eigenvalue weighted by molar-refractivity contribution is 6.16. The van der Waals surface area contributed by atoms with E-state index in [9.17, 15) is 0 Å². The van der Waals surface area contributed by atoms with Crippen molar-refractivity contribution in [2.24, 2.45) is 10.7 Å². The van der Waals surface area contributed by atoms with Gasteiger partial charge in [0.25, 0.3) is 0 Å². The quantitative estimate of drug-likeness (QED) is 0.151. The monoisotopic (exact) mass is 726 g/mol. The van der Waals surface area contributed by atoms with E-state index in [1.807, 2.05) is 110 Å². The van der Waals surface area contributed by atoms with E-state index in [1.165, 1.54) is 0 Å². The minimum atomic E-state index is 0.529. The lowest BCUT2D eigenvalue weighted by Crippen LogP contribution is -2.17. The average Bonchev–Trinajstić information content (AvgIpc) is 3.77. The molecule has 0 aliphatic carbocycles. The fourth-order valence-electron chi connectivity index (χ4n) is 7.39. The van der Waals surface area contributed by atoms with E-state index in [2.05, 4.69) is 97.2 Å². The highest BCUT2D eigenvalue weighted by Crippen LogP contribution is 2.43. The third-order valence-electron chi connectivity index (χ3n) is 10.0. The zero-order valence-corrected chi connectivity index (χ0v) is 30.8. The average molecular weight is 727 g/mol. The van der Waals surface area contributed by atoms with Crippen LogP contribution in [0.25, 0.3) is 56.1 Å². The molecule has 1 aliphatic rings. The van der Waals surface area contributed by atoms with E-state index in [0.717, 1.165) is 84.3 Å². The Balaban J connectivity index is 1.19. The molecule has 270 valence electrons. The van der Waals surface area contributed by atoms with Crippen LogP contribution in [0.2, 0.25) is 0 Å². The molecule has 9 rings (SSSR count). The molecule has 1 aliphatic heterocycles. The number of allylic oxidation sites excluding steroid dienone is 3. The third kappa shape index (κ3) is 6.39. The summed E-state index contributed by atoms with van der Waals surface area (Å²) in [6, 6.07) is 47.2. The molecule has 0 atom stereocenters. The number of nitrogen functional groups attached to an aromatic ring is 1. The number of fused-ring (bicyclic) bond motifs is 2. The van der Waals surface area contributed by atoms with Gasteiger partial charge in [-0.2, -0.15) is 0 Å². The van der Waals surface area contributed by atoms with Gasteiger partial charge in [-0.25, -0.2) is 4.99 Å². The van der Waals surface area contributed by atoms with Gasteiger partial charge in [0.05, 0.1) is 40.5 Å². The van der Waals surface area contributed by atoms with Gasteiger partial charge in [0.15, 0.2) is 0 Å². The zero-order chi connectivity index (χ0) is 38.0. The van der Waals surface area contributed by atoms with Crippen LogP contribution in [0.4, 0.5) is 22.9 Å². The molecule has 5 heterocycles. The summed E-state index contributed by atoms with van der Waals surface area (Å²) in [7, 11) is 0. The first kappa shape index (κ1) is 34.2. The predicted molar refractivity (Wildman–Crippen MR) is 230 cm³/mol. The van der Waals surface area contributed by atoms with Gasteiger partial charge in [-0.15, -0.1) is 0 Å². The van der Waals surface area contributed by atoms with Crippen LogP contribution in [-0.2, 0) is 0 Å². The molecular weight excluding hydrogens is 689 g/mol. The summed E-state index contributed by atoms with van der Waals surface area (Å²) in [5, 5.41) is 0.956. The van der Waals surface area contributed by atoms with E-state index in [-0.39, 0.29) is 0 Å². The number of nitrogens with zero attached hydrogens (tertiary/aromatic N) is 6. The Hall–Kier alpha value is -7.58. The van der Waals surface area contributed by atoms with E-state index in [4.69, 9.17) is 16.5 Å². The van der Waals surface area contributed by atoms with Crippen LogP contribution in [0.3, 0.4) is 0 Å². The molecular formula is C48H38N8. The Kier molecular flexibility index (Phi) is 8.97. The van der Waals surface area contributed by atoms with Crippen molar-refractivity contribution in [3.05, 3.63) is 187 Å². The van der Waals surface area contributed by atoms with Crippen molar-refractivity contribution in [2.45, 2.75) is 6.92 Å². The summed E-state index contributed by atoms with van der Waals surface area (Å²) in [5.41, 5.74) is 27.5. The number of anilines is 3. The maximum absolute atomic E-state index is 7.23. The zero-order valence-electron chi connectivity index (χ0n) is 30.8. The summed E-state index contributed by atoms with van der Waals surface area (Å²) in [6.07, 6.45) is 11.3. The summed E-state index contributed by atoms with van der Waals surface area (Å²) >= 11 is 0. The lowest BCUT2D eigenvalue weighted by molar-refractivity contribution is 1.13. The Morgan fingerprint density at radius 1 is 0.661 bits per heavy atom. The van der Waals surface area contributed by atoms with Crippen LogP contribution in [0.5, 0.6) is 0 Å². The Morgan fingerprint density at radius 3 is 1.89 bits per heavy atom. The molecule has 8 aromatic rings. The topological polar surface area (TPSA) is 111 Å². The number of aromatic nitrogens is 4. The molecule has 0 spiro atoms. The molecule has 0 amide bonds. The number of para-hydroxylation sites is 2. The molecule has 4 aromatic carbocycles. The molecule has 56 heavy (non-hydrogen) atoms. The summed E-state index contributed by atoms with van der Waals surface area (Å²) < 4.78 is 2.09. The predicted octanol–water partition coefficient (Wildman–Crippen LogP) is 10.5. The number of pyridine rings is 3. The Bertz CT molecular complexity index is 2750. The van der Waals surface area contributed by atoms with Crippen molar-refractivity contribution in [2.75, 3.05) is 17.2 Å². The van der Waals surface area contributed by atoms with Crippen LogP contribution < -0.4 is 16.4 Å². The van der Waals surface area contributed by atoms with E-state index >= 15 is 0 Å². The highest BCUT2D eigenvalue weighted by atomic mass is 15.2. The number of hydrogen-bond donors (Lipinski definition) is 2. The fourth-order valence-corrected chi connectivity index (χ4v) is 7.39. The summed E-state index contributed by atoms with van der Waals surface area (Å²) in [4.78, 5) is 21.7. The van der Waals surface area contributed by atoms with Gasteiger partial charge in [0, 0.05) is 68.9 Å². The highest BCUT2D eigenvalue weighted by Gasteiger charge is 2.28. The van der Waals surface area contributed by atoms with Gasteiger partial charge in [-0.3, -0.25) is 19.5 Å². The van der Waals surface area contributed by atoms with Gasteiger partial charge >= 0.3 is 0 Å². The lowest BCUT2D eigenvalue weighted by atomic mass is 10.0. The maximum Gasteiger partial charge on any atom is 0.135 e. The first-order valence-corrected chi connectivity index (χ1v) is 18.5. The Morgan fingerprint density at radius 2 is 1.25 bits per heavy atom. The van der Waals surface area contributed by atoms with Crippen molar-refractivity contribution in [1.82, 2.24) is 19.5 Å². The first-order valence-electron chi connectivity index (χ1n) is 18.5. The number of benzene rings is 4. The van der Waals surface area contributed by atoms with Gasteiger partial charge < -0.3 is 16.4 Å². The number of aliphatic imine (C=N–C) groups is 1. The molecule has 0 saturated carbocycles. The maximum atomic E-state index is 7.23. The second-order valence-corrected chi connectivity index (χ2v) is 13.6. The third-order valence-corrected chi connectivity index (χ3v) is 10.0. The van der Waals surface area contributed by atoms with Crippen molar-refractivity contribution in [3.8, 4) is 39.5 Å². The standard InChI is InChI=1S/C48H38N8/c1-2-3-16-40(49)32-25-33(41-17-8-11-22-51-41)28-36(27-32)55-31-44(38-14-4-6-20-45(38)55)54-47-39-15-5-7-21-46(39)56(48(47)50)37-29-34(42-18-9-12-23-52-42)26-35(30-37)43-19-10-13-24-53-43/h2-30H,31,49-50H2,1H3/b3-2-,40-16-,54-44?. The van der Waals surface area contributed by atoms with E-state index < -0.39 is 0 Å². The molecule has 0 unspecified atom stereocenters. The molecule has 0 saturated heterocycles. The minimum absolute atomic E-state index is 0.529. The number of hydrogen-bond acceptors (Lipinski definition) is 7. The number of rotatable bonds is 8. The second-order valence-electron chi connectivity index (χ2n) is 13.6. The summed E-state index contributed by atoms with van der Waals surface area (Å²) in [6.45, 7) is 2.51. The molecule has 0 bridgehead atoms. The molecule has 0 radical (unpaired) electrons. The van der Waals surface area contributed by atoms with Crippen molar-refractivity contribution in [3.63, 3.8) is 0 Å². The van der Waals surface area contributed by atoms with Crippen LogP contribution in [0, 0.1) is 0 Å². The molecule has 0 fully saturated rings. The fraction of sp³-hybridized carbons (Fsp3) is 0.0417. The van der Waals surface area contributed by atoms with Crippen molar-refractivity contribution >= 4 is 45.2 Å². The molecule has 8 heteroatoms. The Labute approximate surface area is 325 Å². The number of nitrogens with two attached hydrogens (primary N) is 2. The first-order chi connectivity index (χ1) is 27.6. The molecule has 8 nitrogen and oxygen atoms in total. The van der Waals surface area contributed by atoms with Gasteiger partial charge in [-0.1, -0.05) is 66.7 Å². The van der Waals surface area contributed by atoms with Crippen LogP contribution >= 0.6 is 0 Å². The summed E-state index contributed by atoms with van der Waals surface area (Å²) in [5.74, 6) is 0.543.